The van der Waals surface area contributed by atoms with Crippen LogP contribution in [0.4, 0.5) is 0 Å². The second-order valence-corrected chi connectivity index (χ2v) is 6.59. The van der Waals surface area contributed by atoms with Crippen molar-refractivity contribution >= 4 is 22.8 Å². The van der Waals surface area contributed by atoms with Gasteiger partial charge in [-0.1, -0.05) is 39.5 Å². The first-order chi connectivity index (χ1) is 7.89. The molecule has 17 heavy (non-hydrogen) atoms. The van der Waals surface area contributed by atoms with Gasteiger partial charge in [-0.05, 0) is 11.3 Å². The van der Waals surface area contributed by atoms with E-state index >= 15 is 0 Å². The highest BCUT2D eigenvalue weighted by Crippen LogP contribution is 2.26. The standard InChI is InChI=1S/C12H23N3OS/c1-9(2)5-13-10(16)6-14-11-15-7-12(3,4)8-17-11/h9H,5-8H2,1-4H3,(H,13,16)(H,14,15). The van der Waals surface area contributed by atoms with E-state index in [1.165, 1.54) is 0 Å². The summed E-state index contributed by atoms with van der Waals surface area (Å²) >= 11 is 1.70. The molecule has 0 atom stereocenters. The summed E-state index contributed by atoms with van der Waals surface area (Å²) in [6, 6.07) is 0. The third kappa shape index (κ3) is 5.96. The number of nitrogens with zero attached hydrogens (tertiary/aromatic N) is 1. The molecule has 0 radical (unpaired) electrons. The van der Waals surface area contributed by atoms with E-state index < -0.39 is 0 Å². The molecule has 98 valence electrons. The predicted molar refractivity (Wildman–Crippen MR) is 74.4 cm³/mol. The molecule has 0 unspecified atom stereocenters. The van der Waals surface area contributed by atoms with Crippen LogP contribution in [0.25, 0.3) is 0 Å². The number of hydrogen-bond acceptors (Lipinski definition) is 4. The Hall–Kier alpha value is -0.710. The fraction of sp³-hybridized carbons (Fsp3) is 0.833. The van der Waals surface area contributed by atoms with Crippen molar-refractivity contribution in [1.29, 1.82) is 0 Å². The maximum atomic E-state index is 11.5. The summed E-state index contributed by atoms with van der Waals surface area (Å²) in [7, 11) is 0. The first kappa shape index (κ1) is 14.4. The monoisotopic (exact) mass is 257 g/mol. The van der Waals surface area contributed by atoms with Crippen LogP contribution in [0.2, 0.25) is 0 Å². The SMILES string of the molecule is CC(C)CNC(=O)CNC1=NCC(C)(C)CS1. The molecule has 0 spiro atoms. The molecule has 1 amide bonds. The van der Waals surface area contributed by atoms with Crippen LogP contribution in [0.15, 0.2) is 4.99 Å². The van der Waals surface area contributed by atoms with Gasteiger partial charge in [0.1, 0.15) is 0 Å². The molecule has 0 saturated carbocycles. The van der Waals surface area contributed by atoms with E-state index in [0.29, 0.717) is 12.5 Å². The van der Waals surface area contributed by atoms with Crippen LogP contribution in [-0.4, -0.2) is 36.5 Å². The maximum absolute atomic E-state index is 11.5. The van der Waals surface area contributed by atoms with E-state index in [4.69, 9.17) is 0 Å². The molecule has 4 nitrogen and oxygen atoms in total. The minimum atomic E-state index is 0.0341. The van der Waals surface area contributed by atoms with Gasteiger partial charge in [-0.15, -0.1) is 0 Å². The van der Waals surface area contributed by atoms with E-state index in [0.717, 1.165) is 24.0 Å². The molecule has 1 aliphatic heterocycles. The first-order valence-electron chi connectivity index (χ1n) is 6.07. The quantitative estimate of drug-likeness (QED) is 0.802. The molecule has 0 aromatic carbocycles. The molecular weight excluding hydrogens is 234 g/mol. The summed E-state index contributed by atoms with van der Waals surface area (Å²) in [5.74, 6) is 1.57. The average Bonchev–Trinajstić information content (AvgIpc) is 2.25. The molecule has 1 aliphatic rings. The van der Waals surface area contributed by atoms with Gasteiger partial charge in [0.2, 0.25) is 5.91 Å². The second-order valence-electron chi connectivity index (χ2n) is 5.63. The lowest BCUT2D eigenvalue weighted by Gasteiger charge is -2.27. The van der Waals surface area contributed by atoms with Crippen LogP contribution in [-0.2, 0) is 4.79 Å². The highest BCUT2D eigenvalue weighted by Gasteiger charge is 2.23. The van der Waals surface area contributed by atoms with E-state index in [1.54, 1.807) is 11.8 Å². The molecule has 1 rings (SSSR count). The highest BCUT2D eigenvalue weighted by molar-refractivity contribution is 8.13. The summed E-state index contributed by atoms with van der Waals surface area (Å²) in [5, 5.41) is 6.85. The molecular formula is C12H23N3OS. The Morgan fingerprint density at radius 2 is 2.24 bits per heavy atom. The number of carbonyl (C=O) groups excluding carboxylic acids is 1. The van der Waals surface area contributed by atoms with E-state index in [2.05, 4.69) is 43.3 Å². The average molecular weight is 257 g/mol. The number of aliphatic imine (C=N–C) groups is 1. The zero-order chi connectivity index (χ0) is 12.9. The van der Waals surface area contributed by atoms with Gasteiger partial charge >= 0.3 is 0 Å². The summed E-state index contributed by atoms with van der Waals surface area (Å²) in [5.41, 5.74) is 0.274. The zero-order valence-electron chi connectivity index (χ0n) is 11.2. The van der Waals surface area contributed by atoms with E-state index in [1.807, 2.05) is 0 Å². The molecule has 0 saturated heterocycles. The normalized spacial score (nSPS) is 18.8. The van der Waals surface area contributed by atoms with Crippen LogP contribution in [0.5, 0.6) is 0 Å². The number of rotatable bonds is 4. The third-order valence-corrected chi connectivity index (χ3v) is 3.83. The van der Waals surface area contributed by atoms with Crippen LogP contribution in [0.1, 0.15) is 27.7 Å². The molecule has 0 bridgehead atoms. The minimum absolute atomic E-state index is 0.0341. The summed E-state index contributed by atoms with van der Waals surface area (Å²) in [4.78, 5) is 15.9. The second kappa shape index (κ2) is 6.28. The Bertz CT molecular complexity index is 300. The molecule has 2 N–H and O–H groups in total. The number of amidine groups is 1. The van der Waals surface area contributed by atoms with Crippen LogP contribution in [0, 0.1) is 11.3 Å². The Balaban J connectivity index is 2.23. The summed E-state index contributed by atoms with van der Waals surface area (Å²) in [6.07, 6.45) is 0. The van der Waals surface area contributed by atoms with Crippen LogP contribution < -0.4 is 10.6 Å². The highest BCUT2D eigenvalue weighted by atomic mass is 32.2. The van der Waals surface area contributed by atoms with Crippen molar-refractivity contribution in [2.75, 3.05) is 25.4 Å². The van der Waals surface area contributed by atoms with Gasteiger partial charge in [0.05, 0.1) is 6.54 Å². The Kier molecular flexibility index (Phi) is 5.31. The third-order valence-electron chi connectivity index (χ3n) is 2.36. The molecule has 5 heteroatoms. The molecule has 1 heterocycles. The number of carbonyl (C=O) groups is 1. The minimum Gasteiger partial charge on any atom is -0.356 e. The van der Waals surface area contributed by atoms with Crippen molar-refractivity contribution in [3.63, 3.8) is 0 Å². The van der Waals surface area contributed by atoms with Gasteiger partial charge in [-0.25, -0.2) is 0 Å². The van der Waals surface area contributed by atoms with Crippen LogP contribution >= 0.6 is 11.8 Å². The Morgan fingerprint density at radius 1 is 1.53 bits per heavy atom. The van der Waals surface area contributed by atoms with Gasteiger partial charge in [-0.3, -0.25) is 9.79 Å². The smallest absolute Gasteiger partial charge is 0.239 e. The fourth-order valence-electron chi connectivity index (χ4n) is 1.28. The maximum Gasteiger partial charge on any atom is 0.239 e. The largest absolute Gasteiger partial charge is 0.356 e. The fourth-order valence-corrected chi connectivity index (χ4v) is 2.23. The lowest BCUT2D eigenvalue weighted by molar-refractivity contribution is -0.120. The molecule has 0 aliphatic carbocycles. The lowest BCUT2D eigenvalue weighted by Crippen LogP contribution is -2.39. The van der Waals surface area contributed by atoms with Gasteiger partial charge in [0, 0.05) is 18.8 Å². The Morgan fingerprint density at radius 3 is 2.76 bits per heavy atom. The van der Waals surface area contributed by atoms with E-state index in [9.17, 15) is 4.79 Å². The van der Waals surface area contributed by atoms with Gasteiger partial charge in [0.25, 0.3) is 0 Å². The summed E-state index contributed by atoms with van der Waals surface area (Å²) < 4.78 is 0. The van der Waals surface area contributed by atoms with Gasteiger partial charge in [-0.2, -0.15) is 0 Å². The zero-order valence-corrected chi connectivity index (χ0v) is 12.0. The van der Waals surface area contributed by atoms with Crippen molar-refractivity contribution in [1.82, 2.24) is 10.6 Å². The summed E-state index contributed by atoms with van der Waals surface area (Å²) in [6.45, 7) is 10.4. The van der Waals surface area contributed by atoms with Gasteiger partial charge in [0.15, 0.2) is 5.17 Å². The Labute approximate surface area is 108 Å². The van der Waals surface area contributed by atoms with Crippen molar-refractivity contribution in [2.24, 2.45) is 16.3 Å². The topological polar surface area (TPSA) is 53.5 Å². The number of thioether (sulfide) groups is 1. The van der Waals surface area contributed by atoms with Gasteiger partial charge < -0.3 is 10.6 Å². The number of amides is 1. The van der Waals surface area contributed by atoms with E-state index in [-0.39, 0.29) is 11.3 Å². The molecule has 0 aromatic heterocycles. The molecule has 0 fully saturated rings. The first-order valence-corrected chi connectivity index (χ1v) is 7.05. The number of nitrogens with one attached hydrogen (secondary N) is 2. The molecule has 0 aromatic rings. The predicted octanol–water partition coefficient (Wildman–Crippen LogP) is 1.48. The van der Waals surface area contributed by atoms with Crippen molar-refractivity contribution < 1.29 is 4.79 Å². The number of hydrogen-bond donors (Lipinski definition) is 2. The van der Waals surface area contributed by atoms with Crippen LogP contribution in [0.3, 0.4) is 0 Å². The van der Waals surface area contributed by atoms with Crippen molar-refractivity contribution in [3.8, 4) is 0 Å². The van der Waals surface area contributed by atoms with Crippen molar-refractivity contribution in [3.05, 3.63) is 0 Å². The van der Waals surface area contributed by atoms with Crippen molar-refractivity contribution in [2.45, 2.75) is 27.7 Å². The lowest BCUT2D eigenvalue weighted by atomic mass is 9.97.